The van der Waals surface area contributed by atoms with E-state index in [4.69, 9.17) is 0 Å². The molecule has 0 aromatic carbocycles. The number of carbonyl (C=O) groups is 3. The molecule has 1 atom stereocenters. The monoisotopic (exact) mass is 340 g/mol. The van der Waals surface area contributed by atoms with Crippen LogP contribution in [-0.4, -0.2) is 66.4 Å². The van der Waals surface area contributed by atoms with Crippen molar-refractivity contribution in [1.82, 2.24) is 20.4 Å². The fourth-order valence-electron chi connectivity index (χ4n) is 2.83. The first-order valence-electron chi connectivity index (χ1n) is 9.06. The predicted molar refractivity (Wildman–Crippen MR) is 93.5 cm³/mol. The van der Waals surface area contributed by atoms with E-state index in [1.807, 2.05) is 25.7 Å². The van der Waals surface area contributed by atoms with Gasteiger partial charge in [-0.15, -0.1) is 0 Å². The lowest BCUT2D eigenvalue weighted by Gasteiger charge is -2.35. The Morgan fingerprint density at radius 3 is 2.21 bits per heavy atom. The Hall–Kier alpha value is -1.79. The van der Waals surface area contributed by atoms with Gasteiger partial charge in [0.05, 0.1) is 0 Å². The van der Waals surface area contributed by atoms with Crippen LogP contribution in [0.2, 0.25) is 0 Å². The van der Waals surface area contributed by atoms with Crippen LogP contribution >= 0.6 is 0 Å². The molecule has 138 valence electrons. The SMILES string of the molecule is CCCNC(=O)C(C)NC(=O)C1CCN(C(=O)N(CC)CC)CC1. The topological polar surface area (TPSA) is 81.8 Å². The van der Waals surface area contributed by atoms with Crippen molar-refractivity contribution in [2.24, 2.45) is 5.92 Å². The molecule has 2 N–H and O–H groups in total. The fraction of sp³-hybridized carbons (Fsp3) is 0.824. The van der Waals surface area contributed by atoms with Crippen molar-refractivity contribution in [3.8, 4) is 0 Å². The minimum atomic E-state index is -0.528. The van der Waals surface area contributed by atoms with E-state index in [2.05, 4.69) is 10.6 Å². The molecule has 1 fully saturated rings. The number of carbonyl (C=O) groups excluding carboxylic acids is 3. The van der Waals surface area contributed by atoms with Gasteiger partial charge in [0.15, 0.2) is 0 Å². The maximum absolute atomic E-state index is 12.3. The maximum atomic E-state index is 12.3. The Bertz CT molecular complexity index is 430. The van der Waals surface area contributed by atoms with Crippen LogP contribution in [0, 0.1) is 5.92 Å². The molecule has 1 saturated heterocycles. The molecule has 1 heterocycles. The Kier molecular flexibility index (Phi) is 8.57. The minimum Gasteiger partial charge on any atom is -0.354 e. The van der Waals surface area contributed by atoms with Crippen LogP contribution in [0.4, 0.5) is 4.79 Å². The first kappa shape index (κ1) is 20.3. The zero-order valence-corrected chi connectivity index (χ0v) is 15.4. The number of likely N-dealkylation sites (tertiary alicyclic amines) is 1. The van der Waals surface area contributed by atoms with Gasteiger partial charge in [0.25, 0.3) is 0 Å². The third-order valence-corrected chi connectivity index (χ3v) is 4.47. The maximum Gasteiger partial charge on any atom is 0.319 e. The van der Waals surface area contributed by atoms with Crippen LogP contribution < -0.4 is 10.6 Å². The highest BCUT2D eigenvalue weighted by Crippen LogP contribution is 2.18. The van der Waals surface area contributed by atoms with Crippen LogP contribution in [0.15, 0.2) is 0 Å². The zero-order chi connectivity index (χ0) is 18.1. The number of hydrogen-bond donors (Lipinski definition) is 2. The molecule has 0 aliphatic carbocycles. The summed E-state index contributed by atoms with van der Waals surface area (Å²) in [5.74, 6) is -0.379. The molecule has 7 nitrogen and oxygen atoms in total. The highest BCUT2D eigenvalue weighted by Gasteiger charge is 2.30. The van der Waals surface area contributed by atoms with Gasteiger partial charge in [0.2, 0.25) is 11.8 Å². The summed E-state index contributed by atoms with van der Waals surface area (Å²) < 4.78 is 0. The molecule has 0 spiro atoms. The van der Waals surface area contributed by atoms with E-state index < -0.39 is 6.04 Å². The summed E-state index contributed by atoms with van der Waals surface area (Å²) >= 11 is 0. The number of rotatable bonds is 7. The van der Waals surface area contributed by atoms with Gasteiger partial charge in [-0.3, -0.25) is 9.59 Å². The molecule has 1 aliphatic heterocycles. The Balaban J connectivity index is 2.42. The van der Waals surface area contributed by atoms with Gasteiger partial charge >= 0.3 is 6.03 Å². The van der Waals surface area contributed by atoms with E-state index >= 15 is 0 Å². The van der Waals surface area contributed by atoms with E-state index in [-0.39, 0.29) is 23.8 Å². The Labute approximate surface area is 145 Å². The fourth-order valence-corrected chi connectivity index (χ4v) is 2.83. The smallest absolute Gasteiger partial charge is 0.319 e. The number of nitrogens with one attached hydrogen (secondary N) is 2. The standard InChI is InChI=1S/C17H32N4O3/c1-5-10-18-15(22)13(4)19-16(23)14-8-11-21(12-9-14)17(24)20(6-2)7-3/h13-14H,5-12H2,1-4H3,(H,18,22)(H,19,23). The molecular weight excluding hydrogens is 308 g/mol. The molecule has 7 heteroatoms. The van der Waals surface area contributed by atoms with Gasteiger partial charge < -0.3 is 20.4 Å². The first-order valence-corrected chi connectivity index (χ1v) is 9.06. The number of urea groups is 1. The van der Waals surface area contributed by atoms with Crippen molar-refractivity contribution in [2.45, 2.75) is 53.0 Å². The van der Waals surface area contributed by atoms with E-state index in [0.717, 1.165) is 6.42 Å². The molecule has 1 unspecified atom stereocenters. The predicted octanol–water partition coefficient (Wildman–Crippen LogP) is 1.19. The van der Waals surface area contributed by atoms with Crippen molar-refractivity contribution < 1.29 is 14.4 Å². The summed E-state index contributed by atoms with van der Waals surface area (Å²) in [4.78, 5) is 40.0. The molecule has 4 amide bonds. The van der Waals surface area contributed by atoms with Crippen molar-refractivity contribution in [2.75, 3.05) is 32.7 Å². The number of amides is 4. The average Bonchev–Trinajstić information content (AvgIpc) is 2.60. The van der Waals surface area contributed by atoms with Crippen LogP contribution in [0.25, 0.3) is 0 Å². The molecular formula is C17H32N4O3. The lowest BCUT2D eigenvalue weighted by atomic mass is 9.95. The highest BCUT2D eigenvalue weighted by atomic mass is 16.2. The molecule has 0 bridgehead atoms. The third kappa shape index (κ3) is 5.69. The summed E-state index contributed by atoms with van der Waals surface area (Å²) in [6.45, 7) is 10.8. The van der Waals surface area contributed by atoms with Crippen molar-refractivity contribution >= 4 is 17.8 Å². The van der Waals surface area contributed by atoms with Crippen LogP contribution in [0.1, 0.15) is 47.0 Å². The Morgan fingerprint density at radius 1 is 1.12 bits per heavy atom. The molecule has 0 radical (unpaired) electrons. The Morgan fingerprint density at radius 2 is 1.71 bits per heavy atom. The van der Waals surface area contributed by atoms with Gasteiger partial charge in [0, 0.05) is 38.6 Å². The number of nitrogens with zero attached hydrogens (tertiary/aromatic N) is 2. The van der Waals surface area contributed by atoms with E-state index in [1.54, 1.807) is 11.8 Å². The van der Waals surface area contributed by atoms with Crippen molar-refractivity contribution in [1.29, 1.82) is 0 Å². The van der Waals surface area contributed by atoms with E-state index in [1.165, 1.54) is 0 Å². The zero-order valence-electron chi connectivity index (χ0n) is 15.4. The first-order chi connectivity index (χ1) is 11.4. The number of hydrogen-bond acceptors (Lipinski definition) is 3. The third-order valence-electron chi connectivity index (χ3n) is 4.47. The van der Waals surface area contributed by atoms with Crippen LogP contribution in [0.3, 0.4) is 0 Å². The van der Waals surface area contributed by atoms with Crippen molar-refractivity contribution in [3.05, 3.63) is 0 Å². The second kappa shape index (κ2) is 10.2. The second-order valence-corrected chi connectivity index (χ2v) is 6.24. The molecule has 1 rings (SSSR count). The minimum absolute atomic E-state index is 0.0474. The average molecular weight is 340 g/mol. The number of piperidine rings is 1. The molecule has 0 saturated carbocycles. The summed E-state index contributed by atoms with van der Waals surface area (Å²) in [7, 11) is 0. The quantitative estimate of drug-likeness (QED) is 0.730. The van der Waals surface area contributed by atoms with Gasteiger partial charge in [-0.1, -0.05) is 6.92 Å². The molecule has 24 heavy (non-hydrogen) atoms. The summed E-state index contributed by atoms with van der Waals surface area (Å²) in [6, 6.07) is -0.481. The van der Waals surface area contributed by atoms with Gasteiger partial charge in [0.1, 0.15) is 6.04 Å². The molecule has 0 aromatic rings. The lowest BCUT2D eigenvalue weighted by molar-refractivity contribution is -0.131. The molecule has 0 aromatic heterocycles. The van der Waals surface area contributed by atoms with E-state index in [9.17, 15) is 14.4 Å². The highest BCUT2D eigenvalue weighted by molar-refractivity contribution is 5.88. The second-order valence-electron chi connectivity index (χ2n) is 6.24. The lowest BCUT2D eigenvalue weighted by Crippen LogP contribution is -2.51. The van der Waals surface area contributed by atoms with Crippen LogP contribution in [0.5, 0.6) is 0 Å². The van der Waals surface area contributed by atoms with Gasteiger partial charge in [-0.05, 0) is 40.0 Å². The largest absolute Gasteiger partial charge is 0.354 e. The summed E-state index contributed by atoms with van der Waals surface area (Å²) in [5, 5.41) is 5.56. The van der Waals surface area contributed by atoms with Gasteiger partial charge in [-0.2, -0.15) is 0 Å². The summed E-state index contributed by atoms with van der Waals surface area (Å²) in [5.41, 5.74) is 0. The normalized spacial score (nSPS) is 16.4. The van der Waals surface area contributed by atoms with E-state index in [0.29, 0.717) is 45.6 Å². The summed E-state index contributed by atoms with van der Waals surface area (Å²) in [6.07, 6.45) is 2.15. The van der Waals surface area contributed by atoms with Gasteiger partial charge in [-0.25, -0.2) is 4.79 Å². The molecule has 1 aliphatic rings. The van der Waals surface area contributed by atoms with Crippen LogP contribution in [-0.2, 0) is 9.59 Å². The van der Waals surface area contributed by atoms with Crippen molar-refractivity contribution in [3.63, 3.8) is 0 Å².